The summed E-state index contributed by atoms with van der Waals surface area (Å²) in [6, 6.07) is 28.5. The zero-order valence-electron chi connectivity index (χ0n) is 14.4. The maximum atomic E-state index is 6.21. The van der Waals surface area contributed by atoms with Crippen LogP contribution in [-0.4, -0.2) is 4.98 Å². The topological polar surface area (TPSA) is 48.1 Å². The number of ether oxygens (including phenoxy) is 1. The highest BCUT2D eigenvalue weighted by molar-refractivity contribution is 5.78. The molecule has 0 radical (unpaired) electrons. The standard InChI is InChI=1S/C23H20N2O/c24-15-19-10-6-11-21(17-7-2-1-3-8-17)23(19)26-16-20-14-13-18-9-4-5-12-22(18)25-20/h1-14H,15-16,24H2. The van der Waals surface area contributed by atoms with Gasteiger partial charge >= 0.3 is 0 Å². The van der Waals surface area contributed by atoms with Crippen molar-refractivity contribution >= 4 is 10.9 Å². The molecule has 0 aliphatic rings. The van der Waals surface area contributed by atoms with Gasteiger partial charge in [-0.3, -0.25) is 0 Å². The second-order valence-corrected chi connectivity index (χ2v) is 6.15. The van der Waals surface area contributed by atoms with E-state index in [2.05, 4.69) is 30.3 Å². The molecule has 0 aliphatic heterocycles. The van der Waals surface area contributed by atoms with Crippen LogP contribution >= 0.6 is 0 Å². The highest BCUT2D eigenvalue weighted by atomic mass is 16.5. The molecule has 3 nitrogen and oxygen atoms in total. The third-order valence-electron chi connectivity index (χ3n) is 4.42. The number of nitrogens with two attached hydrogens (primary N) is 1. The van der Waals surface area contributed by atoms with Crippen molar-refractivity contribution in [2.75, 3.05) is 0 Å². The first-order valence-electron chi connectivity index (χ1n) is 8.70. The zero-order chi connectivity index (χ0) is 17.8. The van der Waals surface area contributed by atoms with Crippen LogP contribution in [0.25, 0.3) is 22.0 Å². The van der Waals surface area contributed by atoms with Crippen LogP contribution in [0, 0.1) is 0 Å². The van der Waals surface area contributed by atoms with Gasteiger partial charge in [0.1, 0.15) is 12.4 Å². The molecule has 2 N–H and O–H groups in total. The Bertz CT molecular complexity index is 1030. The van der Waals surface area contributed by atoms with Crippen molar-refractivity contribution in [3.8, 4) is 16.9 Å². The molecule has 1 heterocycles. The molecule has 26 heavy (non-hydrogen) atoms. The summed E-state index contributed by atoms with van der Waals surface area (Å²) in [5, 5.41) is 1.13. The molecule has 0 atom stereocenters. The van der Waals surface area contributed by atoms with E-state index in [9.17, 15) is 0 Å². The molecule has 0 fully saturated rings. The molecule has 3 aromatic carbocycles. The van der Waals surface area contributed by atoms with Crippen molar-refractivity contribution in [1.29, 1.82) is 0 Å². The molecule has 0 saturated heterocycles. The quantitative estimate of drug-likeness (QED) is 0.560. The summed E-state index contributed by atoms with van der Waals surface area (Å²) in [4.78, 5) is 4.69. The van der Waals surface area contributed by atoms with Gasteiger partial charge in [-0.05, 0) is 17.7 Å². The Kier molecular flexibility index (Phi) is 4.63. The van der Waals surface area contributed by atoms with Gasteiger partial charge in [-0.2, -0.15) is 0 Å². The van der Waals surface area contributed by atoms with Gasteiger partial charge in [-0.15, -0.1) is 0 Å². The number of nitrogens with zero attached hydrogens (tertiary/aromatic N) is 1. The van der Waals surface area contributed by atoms with Gasteiger partial charge in [-0.1, -0.05) is 72.8 Å². The Balaban J connectivity index is 1.66. The lowest BCUT2D eigenvalue weighted by Crippen LogP contribution is -2.05. The number of para-hydroxylation sites is 2. The van der Waals surface area contributed by atoms with Crippen LogP contribution in [0.4, 0.5) is 0 Å². The summed E-state index contributed by atoms with van der Waals surface area (Å²) in [6.07, 6.45) is 0. The molecule has 4 aromatic rings. The van der Waals surface area contributed by atoms with Gasteiger partial charge in [-0.25, -0.2) is 4.98 Å². The Hall–Kier alpha value is -3.17. The van der Waals surface area contributed by atoms with Crippen LogP contribution in [0.3, 0.4) is 0 Å². The summed E-state index contributed by atoms with van der Waals surface area (Å²) in [5.41, 5.74) is 11.0. The summed E-state index contributed by atoms with van der Waals surface area (Å²) in [6.45, 7) is 0.836. The minimum absolute atomic E-state index is 0.404. The lowest BCUT2D eigenvalue weighted by molar-refractivity contribution is 0.300. The van der Waals surface area contributed by atoms with Crippen LogP contribution in [0.1, 0.15) is 11.3 Å². The molecule has 1 aromatic heterocycles. The first kappa shape index (κ1) is 16.3. The molecule has 0 spiro atoms. The fraction of sp³-hybridized carbons (Fsp3) is 0.0870. The number of hydrogen-bond donors (Lipinski definition) is 1. The smallest absolute Gasteiger partial charge is 0.132 e. The van der Waals surface area contributed by atoms with Crippen LogP contribution in [0.2, 0.25) is 0 Å². The van der Waals surface area contributed by atoms with E-state index in [-0.39, 0.29) is 0 Å². The van der Waals surface area contributed by atoms with E-state index in [1.807, 2.05) is 54.6 Å². The van der Waals surface area contributed by atoms with E-state index < -0.39 is 0 Å². The van der Waals surface area contributed by atoms with Gasteiger partial charge in [0.05, 0.1) is 11.2 Å². The van der Waals surface area contributed by atoms with Crippen molar-refractivity contribution in [3.63, 3.8) is 0 Å². The molecule has 0 amide bonds. The number of aromatic nitrogens is 1. The normalized spacial score (nSPS) is 10.8. The minimum atomic E-state index is 0.404. The first-order chi connectivity index (χ1) is 12.8. The first-order valence-corrected chi connectivity index (χ1v) is 8.70. The van der Waals surface area contributed by atoms with Crippen molar-refractivity contribution in [3.05, 3.63) is 96.2 Å². The Morgan fingerprint density at radius 2 is 1.58 bits per heavy atom. The molecule has 0 bridgehead atoms. The zero-order valence-corrected chi connectivity index (χ0v) is 14.4. The van der Waals surface area contributed by atoms with Crippen LogP contribution in [0.5, 0.6) is 5.75 Å². The Morgan fingerprint density at radius 3 is 2.42 bits per heavy atom. The predicted octanol–water partition coefficient (Wildman–Crippen LogP) is 4.94. The molecule has 0 aliphatic carbocycles. The summed E-state index contributed by atoms with van der Waals surface area (Å²) in [7, 11) is 0. The van der Waals surface area contributed by atoms with Gasteiger partial charge in [0, 0.05) is 23.1 Å². The molecule has 3 heteroatoms. The van der Waals surface area contributed by atoms with E-state index in [4.69, 9.17) is 15.5 Å². The minimum Gasteiger partial charge on any atom is -0.486 e. The van der Waals surface area contributed by atoms with Crippen molar-refractivity contribution in [2.45, 2.75) is 13.2 Å². The van der Waals surface area contributed by atoms with Crippen molar-refractivity contribution < 1.29 is 4.74 Å². The fourth-order valence-electron chi connectivity index (χ4n) is 3.10. The molecule has 0 saturated carbocycles. The average Bonchev–Trinajstić information content (AvgIpc) is 2.72. The molecule has 0 unspecified atom stereocenters. The summed E-state index contributed by atoms with van der Waals surface area (Å²) >= 11 is 0. The van der Waals surface area contributed by atoms with Gasteiger partial charge < -0.3 is 10.5 Å². The van der Waals surface area contributed by atoms with E-state index >= 15 is 0 Å². The third-order valence-corrected chi connectivity index (χ3v) is 4.42. The molecular weight excluding hydrogens is 320 g/mol. The molecular formula is C23H20N2O. The number of benzene rings is 3. The summed E-state index contributed by atoms with van der Waals surface area (Å²) in [5.74, 6) is 0.830. The largest absolute Gasteiger partial charge is 0.486 e. The summed E-state index contributed by atoms with van der Waals surface area (Å²) < 4.78 is 6.21. The number of fused-ring (bicyclic) bond motifs is 1. The maximum Gasteiger partial charge on any atom is 0.132 e. The Labute approximate surface area is 153 Å². The van der Waals surface area contributed by atoms with Crippen LogP contribution < -0.4 is 10.5 Å². The van der Waals surface area contributed by atoms with Crippen LogP contribution in [-0.2, 0) is 13.2 Å². The Morgan fingerprint density at radius 1 is 0.769 bits per heavy atom. The third kappa shape index (κ3) is 3.30. The van der Waals surface area contributed by atoms with Gasteiger partial charge in [0.2, 0.25) is 0 Å². The monoisotopic (exact) mass is 340 g/mol. The van der Waals surface area contributed by atoms with E-state index in [0.717, 1.165) is 39.0 Å². The highest BCUT2D eigenvalue weighted by Gasteiger charge is 2.11. The number of pyridine rings is 1. The molecule has 128 valence electrons. The van der Waals surface area contributed by atoms with Crippen molar-refractivity contribution in [2.24, 2.45) is 5.73 Å². The van der Waals surface area contributed by atoms with E-state index in [1.165, 1.54) is 0 Å². The van der Waals surface area contributed by atoms with Gasteiger partial charge in [0.25, 0.3) is 0 Å². The second kappa shape index (κ2) is 7.38. The van der Waals surface area contributed by atoms with Crippen molar-refractivity contribution in [1.82, 2.24) is 4.98 Å². The van der Waals surface area contributed by atoms with Gasteiger partial charge in [0.15, 0.2) is 0 Å². The molecule has 4 rings (SSSR count). The highest BCUT2D eigenvalue weighted by Crippen LogP contribution is 2.33. The predicted molar refractivity (Wildman–Crippen MR) is 106 cm³/mol. The SMILES string of the molecule is NCc1cccc(-c2ccccc2)c1OCc1ccc2ccccc2n1. The fourth-order valence-corrected chi connectivity index (χ4v) is 3.10. The van der Waals surface area contributed by atoms with E-state index in [1.54, 1.807) is 0 Å². The average molecular weight is 340 g/mol. The second-order valence-electron chi connectivity index (χ2n) is 6.15. The van der Waals surface area contributed by atoms with E-state index in [0.29, 0.717) is 13.2 Å². The number of hydrogen-bond acceptors (Lipinski definition) is 3. The lowest BCUT2D eigenvalue weighted by atomic mass is 10.0. The maximum absolute atomic E-state index is 6.21. The lowest BCUT2D eigenvalue weighted by Gasteiger charge is -2.15. The number of rotatable bonds is 5. The van der Waals surface area contributed by atoms with Crippen LogP contribution in [0.15, 0.2) is 84.9 Å².